The average molecular weight is 452 g/mol. The van der Waals surface area contributed by atoms with Crippen LogP contribution in [0.3, 0.4) is 0 Å². The zero-order valence-corrected chi connectivity index (χ0v) is 19.7. The largest absolute Gasteiger partial charge is 0.357 e. The van der Waals surface area contributed by atoms with E-state index in [0.29, 0.717) is 9.93 Å². The van der Waals surface area contributed by atoms with Crippen LogP contribution in [0.2, 0.25) is 5.02 Å². The standard InChI is InChI=1S/C25H26ClN3OS/c1-5-18-7-10-21(11-8-18)27-25-28-24(30)23(31-25)13-19-12-16(3)29(17(19)4)22-14-20(26)9-6-15(22)2/h6-14,25,27H,5H2,1-4H3,(H,28,30)/b23-13-/t25-/m0/s1. The molecule has 2 aromatic carbocycles. The Kier molecular flexibility index (Phi) is 6.17. The Hall–Kier alpha value is -2.63. The molecule has 4 rings (SSSR count). The highest BCUT2D eigenvalue weighted by Gasteiger charge is 2.27. The summed E-state index contributed by atoms with van der Waals surface area (Å²) in [6.07, 6.45) is 2.98. The number of thioether (sulfide) groups is 1. The van der Waals surface area contributed by atoms with Crippen molar-refractivity contribution in [1.29, 1.82) is 0 Å². The first-order valence-corrected chi connectivity index (χ1v) is 11.6. The highest BCUT2D eigenvalue weighted by molar-refractivity contribution is 8.05. The Bertz CT molecular complexity index is 1160. The first kappa shape index (κ1) is 21.6. The van der Waals surface area contributed by atoms with Crippen molar-refractivity contribution in [3.8, 4) is 5.69 Å². The highest BCUT2D eigenvalue weighted by atomic mass is 35.5. The predicted octanol–water partition coefficient (Wildman–Crippen LogP) is 6.22. The van der Waals surface area contributed by atoms with E-state index < -0.39 is 0 Å². The minimum absolute atomic E-state index is 0.0589. The summed E-state index contributed by atoms with van der Waals surface area (Å²) in [5, 5.41) is 7.10. The number of carbonyl (C=O) groups is 1. The second-order valence-electron chi connectivity index (χ2n) is 7.77. The number of halogens is 1. The zero-order chi connectivity index (χ0) is 22.1. The number of aryl methyl sites for hydroxylation is 3. The van der Waals surface area contributed by atoms with E-state index in [9.17, 15) is 4.79 Å². The molecule has 0 unspecified atom stereocenters. The highest BCUT2D eigenvalue weighted by Crippen LogP contribution is 2.33. The lowest BCUT2D eigenvalue weighted by Gasteiger charge is -2.13. The summed E-state index contributed by atoms with van der Waals surface area (Å²) in [6, 6.07) is 16.3. The Labute approximate surface area is 192 Å². The number of nitrogens with zero attached hydrogens (tertiary/aromatic N) is 1. The number of anilines is 1. The number of benzene rings is 2. The van der Waals surface area contributed by atoms with E-state index >= 15 is 0 Å². The number of nitrogens with one attached hydrogen (secondary N) is 2. The first-order chi connectivity index (χ1) is 14.9. The van der Waals surface area contributed by atoms with Crippen LogP contribution in [0.1, 0.15) is 35.0 Å². The maximum Gasteiger partial charge on any atom is 0.260 e. The molecule has 1 fully saturated rings. The van der Waals surface area contributed by atoms with Gasteiger partial charge in [-0.1, -0.05) is 48.5 Å². The molecule has 31 heavy (non-hydrogen) atoms. The van der Waals surface area contributed by atoms with Gasteiger partial charge in [0.15, 0.2) is 5.50 Å². The fourth-order valence-electron chi connectivity index (χ4n) is 3.82. The normalized spacial score (nSPS) is 17.3. The molecule has 0 spiro atoms. The Balaban J connectivity index is 1.57. The molecule has 1 aliphatic heterocycles. The maximum atomic E-state index is 12.6. The van der Waals surface area contributed by atoms with Crippen molar-refractivity contribution in [2.45, 2.75) is 39.6 Å². The number of hydrogen-bond donors (Lipinski definition) is 2. The van der Waals surface area contributed by atoms with Gasteiger partial charge in [-0.15, -0.1) is 0 Å². The van der Waals surface area contributed by atoms with Crippen molar-refractivity contribution < 1.29 is 4.79 Å². The Morgan fingerprint density at radius 2 is 1.87 bits per heavy atom. The van der Waals surface area contributed by atoms with Gasteiger partial charge in [0, 0.05) is 27.8 Å². The predicted molar refractivity (Wildman–Crippen MR) is 132 cm³/mol. The molecule has 0 bridgehead atoms. The van der Waals surface area contributed by atoms with Crippen molar-refractivity contribution >= 4 is 41.0 Å². The van der Waals surface area contributed by atoms with E-state index in [2.05, 4.69) is 61.1 Å². The van der Waals surface area contributed by atoms with Crippen LogP contribution >= 0.6 is 23.4 Å². The van der Waals surface area contributed by atoms with Gasteiger partial charge in [0.25, 0.3) is 5.91 Å². The van der Waals surface area contributed by atoms with E-state index in [-0.39, 0.29) is 11.4 Å². The van der Waals surface area contributed by atoms with Crippen molar-refractivity contribution in [1.82, 2.24) is 9.88 Å². The van der Waals surface area contributed by atoms with Crippen LogP contribution in [0, 0.1) is 20.8 Å². The fourth-order valence-corrected chi connectivity index (χ4v) is 4.96. The van der Waals surface area contributed by atoms with Gasteiger partial charge in [-0.05, 0) is 80.3 Å². The maximum absolute atomic E-state index is 12.6. The molecule has 3 aromatic rings. The van der Waals surface area contributed by atoms with Crippen LogP contribution in [0.25, 0.3) is 11.8 Å². The third kappa shape index (κ3) is 4.53. The summed E-state index contributed by atoms with van der Waals surface area (Å²) in [7, 11) is 0. The number of carbonyl (C=O) groups excluding carboxylic acids is 1. The first-order valence-electron chi connectivity index (χ1n) is 10.4. The topological polar surface area (TPSA) is 46.1 Å². The van der Waals surface area contributed by atoms with Crippen molar-refractivity contribution in [2.24, 2.45) is 0 Å². The molecule has 2 heterocycles. The van der Waals surface area contributed by atoms with Gasteiger partial charge in [0.1, 0.15) is 0 Å². The number of hydrogen-bond acceptors (Lipinski definition) is 3. The second-order valence-corrected chi connectivity index (χ2v) is 9.35. The minimum atomic E-state index is -0.190. The summed E-state index contributed by atoms with van der Waals surface area (Å²) in [5.74, 6) is -0.0589. The van der Waals surface area contributed by atoms with E-state index in [1.807, 2.05) is 36.4 Å². The molecule has 1 saturated heterocycles. The third-order valence-corrected chi connectivity index (χ3v) is 6.82. The van der Waals surface area contributed by atoms with Gasteiger partial charge in [-0.3, -0.25) is 4.79 Å². The fraction of sp³-hybridized carbons (Fsp3) is 0.240. The van der Waals surface area contributed by atoms with Crippen LogP contribution in [-0.2, 0) is 11.2 Å². The number of amides is 1. The van der Waals surface area contributed by atoms with Gasteiger partial charge in [-0.25, -0.2) is 0 Å². The molecule has 1 aromatic heterocycles. The lowest BCUT2D eigenvalue weighted by atomic mass is 10.1. The number of aromatic nitrogens is 1. The molecule has 1 aliphatic rings. The van der Waals surface area contributed by atoms with E-state index in [4.69, 9.17) is 11.6 Å². The van der Waals surface area contributed by atoms with Gasteiger partial charge in [0.05, 0.1) is 4.91 Å². The monoisotopic (exact) mass is 451 g/mol. The molecule has 1 atom stereocenters. The molecular formula is C25H26ClN3OS. The van der Waals surface area contributed by atoms with Gasteiger partial charge >= 0.3 is 0 Å². The molecule has 0 radical (unpaired) electrons. The molecule has 1 amide bonds. The molecule has 0 saturated carbocycles. The summed E-state index contributed by atoms with van der Waals surface area (Å²) in [6.45, 7) is 8.35. The van der Waals surface area contributed by atoms with Crippen LogP contribution in [0.15, 0.2) is 53.4 Å². The van der Waals surface area contributed by atoms with E-state index in [1.54, 1.807) is 0 Å². The average Bonchev–Trinajstić information content (AvgIpc) is 3.22. The number of rotatable bonds is 5. The van der Waals surface area contributed by atoms with Gasteiger partial charge in [0.2, 0.25) is 0 Å². The summed E-state index contributed by atoms with van der Waals surface area (Å²) < 4.78 is 2.19. The van der Waals surface area contributed by atoms with Gasteiger partial charge in [-0.2, -0.15) is 0 Å². The lowest BCUT2D eigenvalue weighted by Crippen LogP contribution is -2.30. The summed E-state index contributed by atoms with van der Waals surface area (Å²) >= 11 is 7.75. The van der Waals surface area contributed by atoms with Crippen LogP contribution in [0.4, 0.5) is 5.69 Å². The molecule has 6 heteroatoms. The molecule has 4 nitrogen and oxygen atoms in total. The second kappa shape index (κ2) is 8.85. The molecule has 0 aliphatic carbocycles. The van der Waals surface area contributed by atoms with E-state index in [1.165, 1.54) is 17.3 Å². The quantitative estimate of drug-likeness (QED) is 0.453. The van der Waals surface area contributed by atoms with Crippen molar-refractivity contribution in [2.75, 3.05) is 5.32 Å². The Morgan fingerprint density at radius 1 is 1.13 bits per heavy atom. The van der Waals surface area contributed by atoms with Crippen LogP contribution in [0.5, 0.6) is 0 Å². The smallest absolute Gasteiger partial charge is 0.260 e. The van der Waals surface area contributed by atoms with Crippen molar-refractivity contribution in [3.63, 3.8) is 0 Å². The minimum Gasteiger partial charge on any atom is -0.357 e. The van der Waals surface area contributed by atoms with Gasteiger partial charge < -0.3 is 15.2 Å². The third-order valence-electron chi connectivity index (χ3n) is 5.56. The zero-order valence-electron chi connectivity index (χ0n) is 18.1. The Morgan fingerprint density at radius 3 is 2.58 bits per heavy atom. The van der Waals surface area contributed by atoms with Crippen LogP contribution in [-0.4, -0.2) is 16.0 Å². The molecular weight excluding hydrogens is 426 g/mol. The van der Waals surface area contributed by atoms with E-state index in [0.717, 1.165) is 40.3 Å². The summed E-state index contributed by atoms with van der Waals surface area (Å²) in [5.41, 5.74) is 7.51. The van der Waals surface area contributed by atoms with Crippen LogP contribution < -0.4 is 10.6 Å². The SMILES string of the molecule is CCc1ccc(N[C@H]2NC(=O)/C(=C/c3cc(C)n(-c4cc(Cl)ccc4C)c3C)S2)cc1. The molecule has 2 N–H and O–H groups in total. The summed E-state index contributed by atoms with van der Waals surface area (Å²) in [4.78, 5) is 13.3. The van der Waals surface area contributed by atoms with Crippen molar-refractivity contribution in [3.05, 3.63) is 86.5 Å². The molecule has 160 valence electrons. The lowest BCUT2D eigenvalue weighted by molar-refractivity contribution is -0.116.